The molecule has 2 atom stereocenters. The van der Waals surface area contributed by atoms with Crippen molar-refractivity contribution in [3.63, 3.8) is 0 Å². The Balaban J connectivity index is 1.54. The van der Waals surface area contributed by atoms with Gasteiger partial charge in [-0.25, -0.2) is 4.79 Å². The number of urea groups is 1. The van der Waals surface area contributed by atoms with Crippen LogP contribution in [0.25, 0.3) is 17.0 Å². The van der Waals surface area contributed by atoms with Crippen LogP contribution in [0.4, 0.5) is 4.79 Å². The minimum atomic E-state index is -0.437. The number of hydrogen-bond acceptors (Lipinski definition) is 6. The first-order valence-electron chi connectivity index (χ1n) is 11.7. The second-order valence-corrected chi connectivity index (χ2v) is 8.42. The normalized spacial score (nSPS) is 20.5. The molecule has 176 valence electrons. The van der Waals surface area contributed by atoms with E-state index in [2.05, 4.69) is 10.5 Å². The molecule has 1 saturated heterocycles. The maximum absolute atomic E-state index is 13.2. The van der Waals surface area contributed by atoms with Crippen LogP contribution in [0.15, 0.2) is 64.8 Å². The standard InChI is InChI=1S/C26H28N4O4/c1-3-32-20-13-11-18(12-14-20)23-22(25-28-24(29-34-25)19-8-5-4-6-9-19)17(2)30(26(31)27-23)16-21-10-7-15-33-21/h4-6,8-9,11-14,21,23H,3,7,10,15-16H2,1-2H3,(H,27,31). The van der Waals surface area contributed by atoms with E-state index in [0.29, 0.717) is 24.9 Å². The Bertz CT molecular complexity index is 1170. The number of allylic oxidation sites excluding steroid dienone is 1. The van der Waals surface area contributed by atoms with Crippen molar-refractivity contribution < 1.29 is 18.8 Å². The van der Waals surface area contributed by atoms with Gasteiger partial charge in [0.1, 0.15) is 5.75 Å². The molecule has 2 amide bonds. The van der Waals surface area contributed by atoms with Gasteiger partial charge in [0, 0.05) is 17.9 Å². The summed E-state index contributed by atoms with van der Waals surface area (Å²) in [5.74, 6) is 1.66. The lowest BCUT2D eigenvalue weighted by Crippen LogP contribution is -2.48. The second-order valence-electron chi connectivity index (χ2n) is 8.42. The molecular weight excluding hydrogens is 432 g/mol. The summed E-state index contributed by atoms with van der Waals surface area (Å²) in [6.45, 7) is 5.68. The van der Waals surface area contributed by atoms with E-state index in [4.69, 9.17) is 19.0 Å². The largest absolute Gasteiger partial charge is 0.494 e. The Labute approximate surface area is 198 Å². The molecule has 8 nitrogen and oxygen atoms in total. The van der Waals surface area contributed by atoms with Crippen LogP contribution < -0.4 is 10.1 Å². The molecular formula is C26H28N4O4. The van der Waals surface area contributed by atoms with Gasteiger partial charge in [-0.2, -0.15) is 4.98 Å². The second kappa shape index (κ2) is 9.69. The average molecular weight is 461 g/mol. The van der Waals surface area contributed by atoms with Crippen LogP contribution in [0, 0.1) is 0 Å². The van der Waals surface area contributed by atoms with Gasteiger partial charge in [-0.1, -0.05) is 47.6 Å². The molecule has 1 aromatic heterocycles. The quantitative estimate of drug-likeness (QED) is 0.544. The summed E-state index contributed by atoms with van der Waals surface area (Å²) < 4.78 is 17.1. The highest BCUT2D eigenvalue weighted by molar-refractivity contribution is 5.87. The Morgan fingerprint density at radius 3 is 2.65 bits per heavy atom. The van der Waals surface area contributed by atoms with E-state index >= 15 is 0 Å². The fraction of sp³-hybridized carbons (Fsp3) is 0.346. The molecule has 5 rings (SSSR count). The molecule has 1 fully saturated rings. The molecule has 3 aromatic rings. The Morgan fingerprint density at radius 1 is 1.15 bits per heavy atom. The highest BCUT2D eigenvalue weighted by Crippen LogP contribution is 2.38. The van der Waals surface area contributed by atoms with Crippen LogP contribution in [0.1, 0.15) is 44.2 Å². The highest BCUT2D eigenvalue weighted by Gasteiger charge is 2.37. The van der Waals surface area contributed by atoms with Crippen molar-refractivity contribution in [2.45, 2.75) is 38.8 Å². The van der Waals surface area contributed by atoms with Crippen LogP contribution in [0.2, 0.25) is 0 Å². The molecule has 0 radical (unpaired) electrons. The molecule has 2 aliphatic rings. The summed E-state index contributed by atoms with van der Waals surface area (Å²) in [5, 5.41) is 7.35. The Hall–Kier alpha value is -3.65. The average Bonchev–Trinajstić information content (AvgIpc) is 3.55. The minimum Gasteiger partial charge on any atom is -0.494 e. The third-order valence-corrected chi connectivity index (χ3v) is 6.22. The van der Waals surface area contributed by atoms with Gasteiger partial charge >= 0.3 is 6.03 Å². The van der Waals surface area contributed by atoms with E-state index in [1.165, 1.54) is 0 Å². The van der Waals surface area contributed by atoms with Crippen LogP contribution in [-0.2, 0) is 4.74 Å². The number of nitrogens with zero attached hydrogens (tertiary/aromatic N) is 3. The van der Waals surface area contributed by atoms with E-state index < -0.39 is 6.04 Å². The van der Waals surface area contributed by atoms with Gasteiger partial charge in [-0.05, 0) is 44.4 Å². The first kappa shape index (κ1) is 22.2. The summed E-state index contributed by atoms with van der Waals surface area (Å²) in [5.41, 5.74) is 3.32. The SMILES string of the molecule is CCOc1ccc(C2NC(=O)N(CC3CCCO3)C(C)=C2c2nc(-c3ccccc3)no2)cc1. The zero-order chi connectivity index (χ0) is 23.5. The van der Waals surface area contributed by atoms with Gasteiger partial charge in [0.15, 0.2) is 0 Å². The van der Waals surface area contributed by atoms with Crippen LogP contribution in [0.5, 0.6) is 5.75 Å². The molecule has 2 aliphatic heterocycles. The lowest BCUT2D eigenvalue weighted by molar-refractivity contribution is 0.0877. The third-order valence-electron chi connectivity index (χ3n) is 6.22. The van der Waals surface area contributed by atoms with Crippen molar-refractivity contribution in [1.29, 1.82) is 0 Å². The highest BCUT2D eigenvalue weighted by atomic mass is 16.5. The molecule has 0 bridgehead atoms. The van der Waals surface area contributed by atoms with Crippen LogP contribution in [0.3, 0.4) is 0 Å². The van der Waals surface area contributed by atoms with E-state index in [9.17, 15) is 4.79 Å². The minimum absolute atomic E-state index is 0.0199. The number of amides is 2. The zero-order valence-corrected chi connectivity index (χ0v) is 19.4. The third kappa shape index (κ3) is 4.41. The lowest BCUT2D eigenvalue weighted by Gasteiger charge is -2.36. The Kier molecular flexibility index (Phi) is 6.31. The van der Waals surface area contributed by atoms with Gasteiger partial charge in [-0.3, -0.25) is 4.90 Å². The van der Waals surface area contributed by atoms with Gasteiger partial charge in [0.2, 0.25) is 5.82 Å². The van der Waals surface area contributed by atoms with Gasteiger partial charge < -0.3 is 19.3 Å². The van der Waals surface area contributed by atoms with Gasteiger partial charge in [0.05, 0.1) is 30.9 Å². The smallest absolute Gasteiger partial charge is 0.322 e. The van der Waals surface area contributed by atoms with E-state index in [-0.39, 0.29) is 12.1 Å². The van der Waals surface area contributed by atoms with E-state index in [1.807, 2.05) is 68.4 Å². The van der Waals surface area contributed by atoms with Crippen molar-refractivity contribution in [2.75, 3.05) is 19.8 Å². The topological polar surface area (TPSA) is 89.7 Å². The van der Waals surface area contributed by atoms with E-state index in [0.717, 1.165) is 47.6 Å². The van der Waals surface area contributed by atoms with Crippen LogP contribution >= 0.6 is 0 Å². The molecule has 1 N–H and O–H groups in total. The predicted octanol–water partition coefficient (Wildman–Crippen LogP) is 4.81. The van der Waals surface area contributed by atoms with Crippen molar-refractivity contribution in [3.05, 3.63) is 71.7 Å². The fourth-order valence-corrected chi connectivity index (χ4v) is 4.48. The number of rotatable bonds is 7. The molecule has 2 aromatic carbocycles. The number of aromatic nitrogens is 2. The predicted molar refractivity (Wildman–Crippen MR) is 127 cm³/mol. The summed E-state index contributed by atoms with van der Waals surface area (Å²) in [7, 11) is 0. The molecule has 0 spiro atoms. The monoisotopic (exact) mass is 460 g/mol. The number of carbonyl (C=O) groups is 1. The first-order chi connectivity index (χ1) is 16.6. The van der Waals surface area contributed by atoms with E-state index in [1.54, 1.807) is 4.90 Å². The lowest BCUT2D eigenvalue weighted by atomic mass is 9.94. The van der Waals surface area contributed by atoms with Gasteiger partial charge in [-0.15, -0.1) is 0 Å². The van der Waals surface area contributed by atoms with Crippen molar-refractivity contribution >= 4 is 11.6 Å². The molecule has 0 aliphatic carbocycles. The molecule has 2 unspecified atom stereocenters. The molecule has 34 heavy (non-hydrogen) atoms. The van der Waals surface area contributed by atoms with Crippen LogP contribution in [-0.4, -0.2) is 46.9 Å². The summed E-state index contributed by atoms with van der Waals surface area (Å²) in [4.78, 5) is 19.6. The zero-order valence-electron chi connectivity index (χ0n) is 19.4. The number of nitrogens with one attached hydrogen (secondary N) is 1. The number of ether oxygens (including phenoxy) is 2. The number of carbonyl (C=O) groups excluding carboxylic acids is 1. The van der Waals surface area contributed by atoms with Crippen molar-refractivity contribution in [1.82, 2.24) is 20.4 Å². The van der Waals surface area contributed by atoms with Crippen molar-refractivity contribution in [2.24, 2.45) is 0 Å². The molecule has 0 saturated carbocycles. The number of hydrogen-bond donors (Lipinski definition) is 1. The molecule has 3 heterocycles. The fourth-order valence-electron chi connectivity index (χ4n) is 4.48. The van der Waals surface area contributed by atoms with Gasteiger partial charge in [0.25, 0.3) is 5.89 Å². The molecule has 8 heteroatoms. The first-order valence-corrected chi connectivity index (χ1v) is 11.7. The number of benzene rings is 2. The Morgan fingerprint density at radius 2 is 1.94 bits per heavy atom. The maximum atomic E-state index is 13.2. The maximum Gasteiger partial charge on any atom is 0.322 e. The summed E-state index contributed by atoms with van der Waals surface area (Å²) in [6.07, 6.45) is 1.97. The van der Waals surface area contributed by atoms with Crippen molar-refractivity contribution in [3.8, 4) is 17.1 Å². The summed E-state index contributed by atoms with van der Waals surface area (Å²) >= 11 is 0. The summed E-state index contributed by atoms with van der Waals surface area (Å²) in [6, 6.07) is 16.8.